The van der Waals surface area contributed by atoms with E-state index in [4.69, 9.17) is 10.5 Å². The Morgan fingerprint density at radius 3 is 2.57 bits per heavy atom. The van der Waals surface area contributed by atoms with Crippen LogP contribution in [0.25, 0.3) is 0 Å². The highest BCUT2D eigenvalue weighted by Gasteiger charge is 2.19. The number of nitrogens with two attached hydrogens (primary N) is 1. The fourth-order valence-electron chi connectivity index (χ4n) is 2.61. The number of nitrogens with zero attached hydrogens (tertiary/aromatic N) is 1. The Labute approximate surface area is 130 Å². The third-order valence-electron chi connectivity index (χ3n) is 4.23. The first-order valence-corrected chi connectivity index (χ1v) is 8.17. The molecule has 3 heteroatoms. The van der Waals surface area contributed by atoms with Crippen LogP contribution in [0.1, 0.15) is 57.2 Å². The maximum absolute atomic E-state index is 6.48. The number of benzene rings is 1. The summed E-state index contributed by atoms with van der Waals surface area (Å²) in [4.78, 5) is 2.51. The largest absolute Gasteiger partial charge is 0.496 e. The zero-order valence-electron chi connectivity index (χ0n) is 14.4. The number of hydrogen-bond acceptors (Lipinski definition) is 3. The lowest BCUT2D eigenvalue weighted by molar-refractivity contribution is 0.188. The average molecular weight is 292 g/mol. The first kappa shape index (κ1) is 18.0. The molecule has 0 radical (unpaired) electrons. The van der Waals surface area contributed by atoms with Gasteiger partial charge in [0.15, 0.2) is 0 Å². The van der Waals surface area contributed by atoms with E-state index in [0.717, 1.165) is 30.8 Å². The van der Waals surface area contributed by atoms with E-state index in [2.05, 4.69) is 44.7 Å². The highest BCUT2D eigenvalue weighted by molar-refractivity contribution is 5.39. The summed E-state index contributed by atoms with van der Waals surface area (Å²) < 4.78 is 5.47. The standard InChI is InChI=1S/C18H32N2O/c1-6-8-11-20(15(4)7-2)13-17(19)16-12-14(3)9-10-18(16)21-5/h9-10,12,15,17H,6-8,11,13,19H2,1-5H3. The van der Waals surface area contributed by atoms with Gasteiger partial charge < -0.3 is 10.5 Å². The molecule has 1 aromatic rings. The highest BCUT2D eigenvalue weighted by Crippen LogP contribution is 2.26. The molecule has 120 valence electrons. The fraction of sp³-hybridized carbons (Fsp3) is 0.667. The Morgan fingerprint density at radius 1 is 1.29 bits per heavy atom. The SMILES string of the molecule is CCCCN(CC(N)c1cc(C)ccc1OC)C(C)CC. The lowest BCUT2D eigenvalue weighted by atomic mass is 10.0. The van der Waals surface area contributed by atoms with Gasteiger partial charge in [0.2, 0.25) is 0 Å². The number of methoxy groups -OCH3 is 1. The van der Waals surface area contributed by atoms with Crippen LogP contribution in [0.5, 0.6) is 5.75 Å². The van der Waals surface area contributed by atoms with Gasteiger partial charge in [0.05, 0.1) is 7.11 Å². The number of unbranched alkanes of at least 4 members (excludes halogenated alkanes) is 1. The van der Waals surface area contributed by atoms with Crippen LogP contribution in [-0.4, -0.2) is 31.1 Å². The van der Waals surface area contributed by atoms with Crippen LogP contribution in [0.2, 0.25) is 0 Å². The van der Waals surface area contributed by atoms with Gasteiger partial charge in [0.25, 0.3) is 0 Å². The summed E-state index contributed by atoms with van der Waals surface area (Å²) >= 11 is 0. The zero-order valence-corrected chi connectivity index (χ0v) is 14.4. The van der Waals surface area contributed by atoms with Crippen molar-refractivity contribution in [3.8, 4) is 5.75 Å². The molecule has 1 rings (SSSR count). The number of ether oxygens (including phenoxy) is 1. The van der Waals surface area contributed by atoms with E-state index in [1.54, 1.807) is 7.11 Å². The van der Waals surface area contributed by atoms with Crippen molar-refractivity contribution in [2.24, 2.45) is 5.73 Å². The van der Waals surface area contributed by atoms with Crippen LogP contribution in [0, 0.1) is 6.92 Å². The van der Waals surface area contributed by atoms with E-state index in [1.165, 1.54) is 18.4 Å². The van der Waals surface area contributed by atoms with E-state index >= 15 is 0 Å². The molecular formula is C18H32N2O. The van der Waals surface area contributed by atoms with Gasteiger partial charge in [-0.05, 0) is 39.3 Å². The van der Waals surface area contributed by atoms with Gasteiger partial charge in [-0.25, -0.2) is 0 Å². The Kier molecular flexibility index (Phi) is 7.76. The van der Waals surface area contributed by atoms with Crippen molar-refractivity contribution in [2.75, 3.05) is 20.2 Å². The molecule has 0 aliphatic rings. The summed E-state index contributed by atoms with van der Waals surface area (Å²) in [5, 5.41) is 0. The number of rotatable bonds is 9. The van der Waals surface area contributed by atoms with Crippen molar-refractivity contribution in [3.05, 3.63) is 29.3 Å². The predicted octanol–water partition coefficient (Wildman–Crippen LogP) is 3.90. The van der Waals surface area contributed by atoms with E-state index in [-0.39, 0.29) is 6.04 Å². The van der Waals surface area contributed by atoms with E-state index in [0.29, 0.717) is 6.04 Å². The number of hydrogen-bond donors (Lipinski definition) is 1. The van der Waals surface area contributed by atoms with Crippen LogP contribution in [0.4, 0.5) is 0 Å². The molecule has 0 fully saturated rings. The molecular weight excluding hydrogens is 260 g/mol. The molecule has 0 saturated heterocycles. The van der Waals surface area contributed by atoms with Gasteiger partial charge in [-0.3, -0.25) is 4.90 Å². The van der Waals surface area contributed by atoms with Crippen molar-refractivity contribution in [1.29, 1.82) is 0 Å². The molecule has 0 bridgehead atoms. The third-order valence-corrected chi connectivity index (χ3v) is 4.23. The number of aryl methyl sites for hydroxylation is 1. The van der Waals surface area contributed by atoms with Gasteiger partial charge in [0.1, 0.15) is 5.75 Å². The van der Waals surface area contributed by atoms with Gasteiger partial charge >= 0.3 is 0 Å². The minimum Gasteiger partial charge on any atom is -0.496 e. The molecule has 21 heavy (non-hydrogen) atoms. The van der Waals surface area contributed by atoms with Crippen LogP contribution in [0.15, 0.2) is 18.2 Å². The van der Waals surface area contributed by atoms with E-state index < -0.39 is 0 Å². The van der Waals surface area contributed by atoms with Gasteiger partial charge in [-0.15, -0.1) is 0 Å². The van der Waals surface area contributed by atoms with E-state index in [1.807, 2.05) is 6.07 Å². The van der Waals surface area contributed by atoms with Crippen molar-refractivity contribution in [3.63, 3.8) is 0 Å². The Balaban J connectivity index is 2.85. The molecule has 1 aromatic carbocycles. The predicted molar refractivity (Wildman–Crippen MR) is 90.9 cm³/mol. The second-order valence-corrected chi connectivity index (χ2v) is 5.96. The highest BCUT2D eigenvalue weighted by atomic mass is 16.5. The minimum absolute atomic E-state index is 0.00861. The maximum atomic E-state index is 6.48. The van der Waals surface area contributed by atoms with Crippen molar-refractivity contribution < 1.29 is 4.74 Å². The topological polar surface area (TPSA) is 38.5 Å². The van der Waals surface area contributed by atoms with Crippen molar-refractivity contribution >= 4 is 0 Å². The first-order chi connectivity index (χ1) is 10.0. The lowest BCUT2D eigenvalue weighted by Crippen LogP contribution is -2.39. The van der Waals surface area contributed by atoms with Crippen LogP contribution in [0.3, 0.4) is 0 Å². The van der Waals surface area contributed by atoms with Crippen LogP contribution in [-0.2, 0) is 0 Å². The van der Waals surface area contributed by atoms with Gasteiger partial charge in [-0.1, -0.05) is 38.0 Å². The fourth-order valence-corrected chi connectivity index (χ4v) is 2.61. The lowest BCUT2D eigenvalue weighted by Gasteiger charge is -2.31. The summed E-state index contributed by atoms with van der Waals surface area (Å²) in [6, 6.07) is 6.80. The summed E-state index contributed by atoms with van der Waals surface area (Å²) in [5.41, 5.74) is 8.82. The minimum atomic E-state index is -0.00861. The second kappa shape index (κ2) is 9.06. The molecule has 0 aromatic heterocycles. The smallest absolute Gasteiger partial charge is 0.123 e. The maximum Gasteiger partial charge on any atom is 0.123 e. The average Bonchev–Trinajstić information content (AvgIpc) is 2.50. The molecule has 0 saturated carbocycles. The monoisotopic (exact) mass is 292 g/mol. The molecule has 0 amide bonds. The molecule has 0 aliphatic carbocycles. The molecule has 2 N–H and O–H groups in total. The molecule has 2 atom stereocenters. The van der Waals surface area contributed by atoms with Crippen molar-refractivity contribution in [1.82, 2.24) is 4.90 Å². The van der Waals surface area contributed by atoms with Crippen LogP contribution >= 0.6 is 0 Å². The van der Waals surface area contributed by atoms with Crippen molar-refractivity contribution in [2.45, 2.75) is 59.0 Å². The normalized spacial score (nSPS) is 14.2. The molecule has 0 heterocycles. The van der Waals surface area contributed by atoms with Gasteiger partial charge in [-0.2, -0.15) is 0 Å². The molecule has 3 nitrogen and oxygen atoms in total. The molecule has 0 aliphatic heterocycles. The van der Waals surface area contributed by atoms with E-state index in [9.17, 15) is 0 Å². The Hall–Kier alpha value is -1.06. The second-order valence-electron chi connectivity index (χ2n) is 5.96. The Bertz CT molecular complexity index is 420. The zero-order chi connectivity index (χ0) is 15.8. The van der Waals surface area contributed by atoms with Crippen LogP contribution < -0.4 is 10.5 Å². The summed E-state index contributed by atoms with van der Waals surface area (Å²) in [6.07, 6.45) is 3.60. The summed E-state index contributed by atoms with van der Waals surface area (Å²) in [7, 11) is 1.71. The first-order valence-electron chi connectivity index (χ1n) is 8.17. The Morgan fingerprint density at radius 2 is 2.00 bits per heavy atom. The summed E-state index contributed by atoms with van der Waals surface area (Å²) in [5.74, 6) is 0.896. The third kappa shape index (κ3) is 5.33. The van der Waals surface area contributed by atoms with Gasteiger partial charge in [0, 0.05) is 24.2 Å². The molecule has 2 unspecified atom stereocenters. The molecule has 0 spiro atoms. The quantitative estimate of drug-likeness (QED) is 0.750. The summed E-state index contributed by atoms with van der Waals surface area (Å²) in [6.45, 7) is 10.9.